The van der Waals surface area contributed by atoms with Gasteiger partial charge >= 0.3 is 0 Å². The van der Waals surface area contributed by atoms with Gasteiger partial charge in [0.2, 0.25) is 11.8 Å². The number of ether oxygens (including phenoxy) is 1. The summed E-state index contributed by atoms with van der Waals surface area (Å²) in [6.45, 7) is 10.1. The van der Waals surface area contributed by atoms with Crippen LogP contribution >= 0.6 is 0 Å². The zero-order valence-corrected chi connectivity index (χ0v) is 12.5. The summed E-state index contributed by atoms with van der Waals surface area (Å²) < 4.78 is 5.58. The Kier molecular flexibility index (Phi) is 6.02. The first-order chi connectivity index (χ1) is 8.90. The first kappa shape index (κ1) is 15.7. The molecule has 0 aliphatic rings. The largest absolute Gasteiger partial charge is 0.475 e. The summed E-state index contributed by atoms with van der Waals surface area (Å²) in [6.07, 6.45) is 0.945. The van der Waals surface area contributed by atoms with Crippen molar-refractivity contribution in [3.63, 3.8) is 0 Å². The summed E-state index contributed by atoms with van der Waals surface area (Å²) in [5, 5.41) is 12.5. The van der Waals surface area contributed by atoms with Crippen molar-refractivity contribution in [3.8, 4) is 5.88 Å². The molecule has 0 fully saturated rings. The van der Waals surface area contributed by atoms with Gasteiger partial charge in [-0.1, -0.05) is 13.8 Å². The van der Waals surface area contributed by atoms with Crippen molar-refractivity contribution in [2.24, 2.45) is 5.92 Å². The highest BCUT2D eigenvalue weighted by molar-refractivity contribution is 5.31. The summed E-state index contributed by atoms with van der Waals surface area (Å²) in [6, 6.07) is 1.77. The molecule has 1 heterocycles. The molecule has 5 nitrogen and oxygen atoms in total. The highest BCUT2D eigenvalue weighted by Gasteiger charge is 2.12. The molecule has 1 aromatic heterocycles. The average Bonchev–Trinajstić information content (AvgIpc) is 2.25. The zero-order valence-electron chi connectivity index (χ0n) is 12.5. The molecule has 0 aliphatic carbocycles. The minimum Gasteiger partial charge on any atom is -0.475 e. The highest BCUT2D eigenvalue weighted by Crippen LogP contribution is 2.15. The molecule has 0 spiro atoms. The van der Waals surface area contributed by atoms with E-state index < -0.39 is 0 Å². The van der Waals surface area contributed by atoms with Gasteiger partial charge in [0, 0.05) is 11.8 Å². The van der Waals surface area contributed by atoms with Crippen molar-refractivity contribution in [2.75, 3.05) is 11.9 Å². The Morgan fingerprint density at radius 3 is 2.47 bits per heavy atom. The summed E-state index contributed by atoms with van der Waals surface area (Å²) in [5.41, 5.74) is 0.842. The van der Waals surface area contributed by atoms with E-state index in [9.17, 15) is 5.11 Å². The Morgan fingerprint density at radius 2 is 1.95 bits per heavy atom. The number of aliphatic hydroxyl groups is 1. The lowest BCUT2D eigenvalue weighted by molar-refractivity contribution is 0.232. The van der Waals surface area contributed by atoms with Crippen LogP contribution in [0, 0.1) is 12.8 Å². The van der Waals surface area contributed by atoms with Crippen LogP contribution in [0.2, 0.25) is 0 Å². The summed E-state index contributed by atoms with van der Waals surface area (Å²) in [7, 11) is 0. The van der Waals surface area contributed by atoms with Gasteiger partial charge in [0.1, 0.15) is 0 Å². The second-order valence-electron chi connectivity index (χ2n) is 5.49. The average molecular weight is 267 g/mol. The number of aromatic nitrogens is 2. The molecule has 0 aromatic carbocycles. The third-order valence-corrected chi connectivity index (χ3v) is 2.50. The second kappa shape index (κ2) is 7.28. The molecule has 1 unspecified atom stereocenters. The Labute approximate surface area is 115 Å². The van der Waals surface area contributed by atoms with E-state index in [2.05, 4.69) is 29.1 Å². The van der Waals surface area contributed by atoms with Gasteiger partial charge in [0.05, 0.1) is 18.8 Å². The molecule has 0 radical (unpaired) electrons. The number of nitrogens with zero attached hydrogens (tertiary/aromatic N) is 2. The van der Waals surface area contributed by atoms with Gasteiger partial charge in [-0.3, -0.25) is 0 Å². The predicted molar refractivity (Wildman–Crippen MR) is 76.5 cm³/mol. The molecule has 1 aromatic rings. The second-order valence-corrected chi connectivity index (χ2v) is 5.49. The fourth-order valence-electron chi connectivity index (χ4n) is 1.84. The van der Waals surface area contributed by atoms with Crippen LogP contribution < -0.4 is 10.1 Å². The molecule has 1 rings (SSSR count). The minimum absolute atomic E-state index is 0.0336. The molecule has 19 heavy (non-hydrogen) atoms. The van der Waals surface area contributed by atoms with E-state index in [0.717, 1.165) is 12.1 Å². The normalized spacial score (nSPS) is 12.8. The first-order valence-electron chi connectivity index (χ1n) is 6.80. The summed E-state index contributed by atoms with van der Waals surface area (Å²) in [5.74, 6) is 1.57. The van der Waals surface area contributed by atoms with E-state index in [1.165, 1.54) is 0 Å². The first-order valence-corrected chi connectivity index (χ1v) is 6.80. The topological polar surface area (TPSA) is 67.3 Å². The van der Waals surface area contributed by atoms with Crippen molar-refractivity contribution < 1.29 is 9.84 Å². The fourth-order valence-corrected chi connectivity index (χ4v) is 1.84. The number of nitrogens with one attached hydrogen (secondary N) is 1. The van der Waals surface area contributed by atoms with Crippen LogP contribution in [0.1, 0.15) is 39.8 Å². The van der Waals surface area contributed by atoms with Crippen LogP contribution in [0.3, 0.4) is 0 Å². The van der Waals surface area contributed by atoms with Crippen LogP contribution in [-0.2, 0) is 0 Å². The maximum atomic E-state index is 9.37. The molecule has 2 N–H and O–H groups in total. The Bertz CT molecular complexity index is 394. The monoisotopic (exact) mass is 267 g/mol. The van der Waals surface area contributed by atoms with Gasteiger partial charge in [-0.15, -0.1) is 0 Å². The third-order valence-electron chi connectivity index (χ3n) is 2.50. The molecular formula is C14H25N3O2. The van der Waals surface area contributed by atoms with Crippen LogP contribution in [0.25, 0.3) is 0 Å². The highest BCUT2D eigenvalue weighted by atomic mass is 16.5. The Hall–Kier alpha value is -1.36. The van der Waals surface area contributed by atoms with Crippen molar-refractivity contribution in [1.82, 2.24) is 9.97 Å². The summed E-state index contributed by atoms with van der Waals surface area (Å²) in [4.78, 5) is 8.64. The number of rotatable bonds is 7. The number of hydrogen-bond donors (Lipinski definition) is 2. The fraction of sp³-hybridized carbons (Fsp3) is 0.714. The summed E-state index contributed by atoms with van der Waals surface area (Å²) >= 11 is 0. The van der Waals surface area contributed by atoms with Crippen LogP contribution in [0.5, 0.6) is 5.88 Å². The Balaban J connectivity index is 2.78. The number of hydrogen-bond acceptors (Lipinski definition) is 5. The van der Waals surface area contributed by atoms with E-state index >= 15 is 0 Å². The third kappa shape index (κ3) is 5.87. The van der Waals surface area contributed by atoms with Gasteiger partial charge in [0.15, 0.2) is 0 Å². The van der Waals surface area contributed by atoms with Crippen molar-refractivity contribution >= 4 is 5.95 Å². The molecule has 0 aliphatic heterocycles. The van der Waals surface area contributed by atoms with Gasteiger partial charge in [-0.2, -0.15) is 4.98 Å². The molecule has 0 saturated carbocycles. The molecule has 0 amide bonds. The number of aliphatic hydroxyl groups excluding tert-OH is 1. The van der Waals surface area contributed by atoms with Crippen molar-refractivity contribution in [1.29, 1.82) is 0 Å². The quantitative estimate of drug-likeness (QED) is 0.794. The maximum Gasteiger partial charge on any atom is 0.226 e. The maximum absolute atomic E-state index is 9.37. The van der Waals surface area contributed by atoms with Gasteiger partial charge in [0.25, 0.3) is 0 Å². The van der Waals surface area contributed by atoms with E-state index in [4.69, 9.17) is 4.74 Å². The lowest BCUT2D eigenvalue weighted by Gasteiger charge is -2.19. The molecular weight excluding hydrogens is 242 g/mol. The smallest absolute Gasteiger partial charge is 0.226 e. The van der Waals surface area contributed by atoms with Crippen LogP contribution in [0.4, 0.5) is 5.95 Å². The van der Waals surface area contributed by atoms with Gasteiger partial charge in [-0.05, 0) is 33.1 Å². The lowest BCUT2D eigenvalue weighted by atomic mass is 10.0. The number of anilines is 1. The molecule has 0 saturated heterocycles. The lowest BCUT2D eigenvalue weighted by Crippen LogP contribution is -2.27. The van der Waals surface area contributed by atoms with Crippen LogP contribution in [0.15, 0.2) is 6.07 Å². The molecule has 1 atom stereocenters. The molecule has 108 valence electrons. The standard InChI is InChI=1S/C14H25N3O2/c1-9(2)6-12(8-18)16-14-15-11(5)7-13(17-14)19-10(3)4/h7,9-10,12,18H,6,8H2,1-5H3,(H,15,16,17). The molecule has 0 bridgehead atoms. The van der Waals surface area contributed by atoms with Gasteiger partial charge < -0.3 is 15.2 Å². The van der Waals surface area contributed by atoms with Crippen LogP contribution in [-0.4, -0.2) is 33.8 Å². The predicted octanol–water partition coefficient (Wildman–Crippen LogP) is 2.39. The van der Waals surface area contributed by atoms with E-state index in [1.807, 2.05) is 26.8 Å². The van der Waals surface area contributed by atoms with E-state index in [1.54, 1.807) is 0 Å². The van der Waals surface area contributed by atoms with E-state index in [-0.39, 0.29) is 18.8 Å². The number of aryl methyl sites for hydroxylation is 1. The van der Waals surface area contributed by atoms with Crippen molar-refractivity contribution in [2.45, 2.75) is 53.2 Å². The van der Waals surface area contributed by atoms with E-state index in [0.29, 0.717) is 17.7 Å². The van der Waals surface area contributed by atoms with Gasteiger partial charge in [-0.25, -0.2) is 4.98 Å². The molecule has 5 heteroatoms. The zero-order chi connectivity index (χ0) is 14.4. The van der Waals surface area contributed by atoms with Crippen molar-refractivity contribution in [3.05, 3.63) is 11.8 Å². The SMILES string of the molecule is Cc1cc(OC(C)C)nc(NC(CO)CC(C)C)n1. The minimum atomic E-state index is -0.0336. The Morgan fingerprint density at radius 1 is 1.26 bits per heavy atom.